The molecule has 6 nitrogen and oxygen atoms in total. The zero-order chi connectivity index (χ0) is 23.6. The minimum atomic E-state index is -0.353. The lowest BCUT2D eigenvalue weighted by atomic mass is 10.0. The summed E-state index contributed by atoms with van der Waals surface area (Å²) in [7, 11) is 1.57. The molecule has 0 heterocycles. The zero-order valence-electron chi connectivity index (χ0n) is 18.9. The summed E-state index contributed by atoms with van der Waals surface area (Å²) in [6.45, 7) is 4.51. The van der Waals surface area contributed by atoms with Gasteiger partial charge in [0.05, 0.1) is 13.3 Å². The first-order chi connectivity index (χ1) is 15.9. The highest BCUT2D eigenvalue weighted by Gasteiger charge is 2.07. The molecular formula is C26H27ClN2O4. The van der Waals surface area contributed by atoms with Crippen LogP contribution >= 0.6 is 11.6 Å². The highest BCUT2D eigenvalue weighted by Crippen LogP contribution is 2.28. The largest absolute Gasteiger partial charge is 0.493 e. The standard InChI is InChI=1S/C26H27ClN2O4/c1-18(2)21-7-11-23(12-8-21)32-17-26(30)29-28-15-20-6-13-24(25(14-20)31-3)33-16-19-4-9-22(27)10-5-19/h4-15,18H,16-17H2,1-3H3,(H,29,30). The number of halogens is 1. The van der Waals surface area contributed by atoms with Crippen LogP contribution in [-0.4, -0.2) is 25.8 Å². The summed E-state index contributed by atoms with van der Waals surface area (Å²) in [5.74, 6) is 1.89. The van der Waals surface area contributed by atoms with E-state index in [0.717, 1.165) is 11.1 Å². The zero-order valence-corrected chi connectivity index (χ0v) is 19.6. The van der Waals surface area contributed by atoms with Crippen LogP contribution in [0.3, 0.4) is 0 Å². The number of rotatable bonds is 10. The average Bonchev–Trinajstić information content (AvgIpc) is 2.83. The van der Waals surface area contributed by atoms with Crippen molar-refractivity contribution in [2.75, 3.05) is 13.7 Å². The first kappa shape index (κ1) is 24.1. The third-order valence-electron chi connectivity index (χ3n) is 4.81. The summed E-state index contributed by atoms with van der Waals surface area (Å²) in [6.07, 6.45) is 1.53. The molecule has 0 unspecified atom stereocenters. The van der Waals surface area contributed by atoms with E-state index in [0.29, 0.717) is 34.8 Å². The lowest BCUT2D eigenvalue weighted by molar-refractivity contribution is -0.123. The van der Waals surface area contributed by atoms with E-state index in [4.69, 9.17) is 25.8 Å². The van der Waals surface area contributed by atoms with Crippen LogP contribution in [0.1, 0.15) is 36.5 Å². The second-order valence-electron chi connectivity index (χ2n) is 7.63. The number of hydrogen-bond donors (Lipinski definition) is 1. The Morgan fingerprint density at radius 3 is 2.39 bits per heavy atom. The molecule has 1 amide bonds. The first-order valence-electron chi connectivity index (χ1n) is 10.5. The smallest absolute Gasteiger partial charge is 0.277 e. The van der Waals surface area contributed by atoms with E-state index in [1.807, 2.05) is 54.6 Å². The Balaban J connectivity index is 1.49. The topological polar surface area (TPSA) is 69.2 Å². The molecule has 172 valence electrons. The van der Waals surface area contributed by atoms with Crippen molar-refractivity contribution in [1.82, 2.24) is 5.43 Å². The molecule has 0 radical (unpaired) electrons. The molecule has 0 saturated heterocycles. The Hall–Kier alpha value is -3.51. The number of hydrazone groups is 1. The number of benzene rings is 3. The Morgan fingerprint density at radius 1 is 1.00 bits per heavy atom. The first-order valence-corrected chi connectivity index (χ1v) is 10.9. The van der Waals surface area contributed by atoms with E-state index in [2.05, 4.69) is 24.4 Å². The van der Waals surface area contributed by atoms with Crippen molar-refractivity contribution in [2.45, 2.75) is 26.4 Å². The molecule has 0 aliphatic carbocycles. The summed E-state index contributed by atoms with van der Waals surface area (Å²) in [4.78, 5) is 12.0. The lowest BCUT2D eigenvalue weighted by Crippen LogP contribution is -2.24. The van der Waals surface area contributed by atoms with Crippen molar-refractivity contribution in [3.8, 4) is 17.2 Å². The number of carbonyl (C=O) groups excluding carboxylic acids is 1. The number of nitrogens with zero attached hydrogens (tertiary/aromatic N) is 1. The van der Waals surface area contributed by atoms with Crippen molar-refractivity contribution in [3.63, 3.8) is 0 Å². The molecule has 0 bridgehead atoms. The molecule has 0 fully saturated rings. The van der Waals surface area contributed by atoms with Crippen molar-refractivity contribution < 1.29 is 19.0 Å². The summed E-state index contributed by atoms with van der Waals surface area (Å²) in [5, 5.41) is 4.66. The number of methoxy groups -OCH3 is 1. The number of carbonyl (C=O) groups is 1. The molecule has 7 heteroatoms. The van der Waals surface area contributed by atoms with E-state index in [9.17, 15) is 4.79 Å². The van der Waals surface area contributed by atoms with Crippen LogP contribution in [0.2, 0.25) is 5.02 Å². The van der Waals surface area contributed by atoms with Crippen LogP contribution in [-0.2, 0) is 11.4 Å². The summed E-state index contributed by atoms with van der Waals surface area (Å²) < 4.78 is 16.8. The van der Waals surface area contributed by atoms with Gasteiger partial charge in [-0.15, -0.1) is 0 Å². The second-order valence-corrected chi connectivity index (χ2v) is 8.07. The van der Waals surface area contributed by atoms with Gasteiger partial charge in [-0.1, -0.05) is 49.7 Å². The SMILES string of the molecule is COc1cc(C=NNC(=O)COc2ccc(C(C)C)cc2)ccc1OCc1ccc(Cl)cc1. The van der Waals surface area contributed by atoms with Crippen LogP contribution in [0.15, 0.2) is 71.8 Å². The van der Waals surface area contributed by atoms with E-state index < -0.39 is 0 Å². The molecule has 0 atom stereocenters. The Labute approximate surface area is 199 Å². The minimum Gasteiger partial charge on any atom is -0.493 e. The fraction of sp³-hybridized carbons (Fsp3) is 0.231. The van der Waals surface area contributed by atoms with Gasteiger partial charge in [0, 0.05) is 5.02 Å². The Bertz CT molecular complexity index is 1080. The van der Waals surface area contributed by atoms with Crippen LogP contribution in [0.4, 0.5) is 0 Å². The van der Waals surface area contributed by atoms with E-state index in [1.165, 1.54) is 11.8 Å². The maximum atomic E-state index is 12.0. The predicted octanol–water partition coefficient (Wildman–Crippen LogP) is 5.58. The second kappa shape index (κ2) is 11.9. The highest BCUT2D eigenvalue weighted by molar-refractivity contribution is 6.30. The molecule has 0 aliphatic heterocycles. The number of hydrogen-bond acceptors (Lipinski definition) is 5. The fourth-order valence-corrected chi connectivity index (χ4v) is 3.06. The maximum Gasteiger partial charge on any atom is 0.277 e. The van der Waals surface area contributed by atoms with Crippen LogP contribution < -0.4 is 19.6 Å². The molecule has 0 aliphatic rings. The van der Waals surface area contributed by atoms with Gasteiger partial charge in [0.2, 0.25) is 0 Å². The van der Waals surface area contributed by atoms with Crippen LogP contribution in [0, 0.1) is 0 Å². The summed E-state index contributed by atoms with van der Waals surface area (Å²) >= 11 is 5.91. The number of ether oxygens (including phenoxy) is 3. The molecule has 3 aromatic carbocycles. The highest BCUT2D eigenvalue weighted by atomic mass is 35.5. The molecule has 3 aromatic rings. The van der Waals surface area contributed by atoms with Gasteiger partial charge < -0.3 is 14.2 Å². The van der Waals surface area contributed by atoms with Crippen molar-refractivity contribution >= 4 is 23.7 Å². The van der Waals surface area contributed by atoms with Crippen molar-refractivity contribution in [1.29, 1.82) is 0 Å². The molecule has 0 aromatic heterocycles. The fourth-order valence-electron chi connectivity index (χ4n) is 2.93. The molecule has 1 N–H and O–H groups in total. The number of nitrogens with one attached hydrogen (secondary N) is 1. The normalized spacial score (nSPS) is 10.9. The third kappa shape index (κ3) is 7.54. The predicted molar refractivity (Wildman–Crippen MR) is 131 cm³/mol. The van der Waals surface area contributed by atoms with Crippen LogP contribution in [0.5, 0.6) is 17.2 Å². The van der Waals surface area contributed by atoms with Crippen molar-refractivity contribution in [3.05, 3.63) is 88.4 Å². The van der Waals surface area contributed by atoms with Gasteiger partial charge in [0.15, 0.2) is 18.1 Å². The molecular weight excluding hydrogens is 440 g/mol. The molecule has 33 heavy (non-hydrogen) atoms. The summed E-state index contributed by atoms with van der Waals surface area (Å²) in [6, 6.07) is 20.5. The maximum absolute atomic E-state index is 12.0. The third-order valence-corrected chi connectivity index (χ3v) is 5.07. The Kier molecular flexibility index (Phi) is 8.72. The monoisotopic (exact) mass is 466 g/mol. The van der Waals surface area contributed by atoms with Gasteiger partial charge in [-0.2, -0.15) is 5.10 Å². The van der Waals surface area contributed by atoms with E-state index in [-0.39, 0.29) is 12.5 Å². The van der Waals surface area contributed by atoms with Gasteiger partial charge in [0.1, 0.15) is 12.4 Å². The van der Waals surface area contributed by atoms with Gasteiger partial charge in [-0.3, -0.25) is 4.79 Å². The number of amides is 1. The van der Waals surface area contributed by atoms with Gasteiger partial charge in [-0.25, -0.2) is 5.43 Å². The minimum absolute atomic E-state index is 0.126. The van der Waals surface area contributed by atoms with Gasteiger partial charge in [0.25, 0.3) is 5.91 Å². The van der Waals surface area contributed by atoms with E-state index >= 15 is 0 Å². The van der Waals surface area contributed by atoms with Crippen molar-refractivity contribution in [2.24, 2.45) is 5.10 Å². The molecule has 0 spiro atoms. The molecule has 3 rings (SSSR count). The van der Waals surface area contributed by atoms with Crippen LogP contribution in [0.25, 0.3) is 0 Å². The van der Waals surface area contributed by atoms with Gasteiger partial charge >= 0.3 is 0 Å². The average molecular weight is 467 g/mol. The quantitative estimate of drug-likeness (QED) is 0.313. The lowest BCUT2D eigenvalue weighted by Gasteiger charge is -2.11. The molecule has 0 saturated carbocycles. The Morgan fingerprint density at radius 2 is 1.73 bits per heavy atom. The van der Waals surface area contributed by atoms with Gasteiger partial charge in [-0.05, 0) is 65.1 Å². The summed E-state index contributed by atoms with van der Waals surface area (Å²) in [5.41, 5.74) is 5.41. The van der Waals surface area contributed by atoms with E-state index in [1.54, 1.807) is 19.2 Å².